The summed E-state index contributed by atoms with van der Waals surface area (Å²) < 4.78 is 10.5. The number of hydrogen-bond acceptors (Lipinski definition) is 6. The number of fused-ring (bicyclic) bond motifs is 2. The monoisotopic (exact) mass is 402 g/mol. The second-order valence-electron chi connectivity index (χ2n) is 6.11. The fourth-order valence-electron chi connectivity index (χ4n) is 2.73. The van der Waals surface area contributed by atoms with Crippen LogP contribution in [0.15, 0.2) is 45.2 Å². The van der Waals surface area contributed by atoms with Gasteiger partial charge >= 0.3 is 5.97 Å². The molecule has 0 aliphatic heterocycles. The first kappa shape index (κ1) is 19.3. The third-order valence-electron chi connectivity index (χ3n) is 3.95. The van der Waals surface area contributed by atoms with Gasteiger partial charge in [0.05, 0.1) is 16.3 Å². The Morgan fingerprint density at radius 3 is 1.64 bits per heavy atom. The number of aryl methyl sites for hydroxylation is 2. The summed E-state index contributed by atoms with van der Waals surface area (Å²) in [6.07, 6.45) is 0. The van der Waals surface area contributed by atoms with Crippen LogP contribution in [0.2, 0.25) is 0 Å². The first-order valence-electron chi connectivity index (χ1n) is 8.05. The molecule has 8 heteroatoms. The number of aromatic carboxylic acids is 1. The van der Waals surface area contributed by atoms with Gasteiger partial charge in [0.25, 0.3) is 5.24 Å². The fraction of sp³-hybridized carbons (Fsp3) is 0.100. The molecule has 28 heavy (non-hydrogen) atoms. The van der Waals surface area contributed by atoms with Gasteiger partial charge in [0, 0.05) is 5.56 Å². The number of carbonyl (C=O) groups is 2. The zero-order chi connectivity index (χ0) is 20.6. The van der Waals surface area contributed by atoms with Crippen LogP contribution in [0, 0.1) is 13.8 Å². The number of furan rings is 2. The fourth-order valence-corrected chi connectivity index (χ4v) is 2.84. The molecule has 0 radical (unpaired) electrons. The summed E-state index contributed by atoms with van der Waals surface area (Å²) in [7, 11) is 0. The maximum Gasteiger partial charge on any atom is 0.335 e. The van der Waals surface area contributed by atoms with Gasteiger partial charge in [-0.05, 0) is 61.8 Å². The summed E-state index contributed by atoms with van der Waals surface area (Å²) in [4.78, 5) is 21.5. The second kappa shape index (κ2) is 7.28. The van der Waals surface area contributed by atoms with Gasteiger partial charge in [-0.1, -0.05) is 0 Å². The molecule has 3 N–H and O–H groups in total. The molecule has 0 fully saturated rings. The maximum absolute atomic E-state index is 10.9. The molecule has 0 amide bonds. The number of hydrogen-bond donors (Lipinski definition) is 3. The molecule has 0 spiro atoms. The average Bonchev–Trinajstić information content (AvgIpc) is 3.17. The van der Waals surface area contributed by atoms with E-state index in [2.05, 4.69) is 0 Å². The van der Waals surface area contributed by atoms with E-state index in [0.717, 1.165) is 0 Å². The molecule has 4 rings (SSSR count). The number of carboxylic acid groups (broad SMARTS) is 1. The summed E-state index contributed by atoms with van der Waals surface area (Å²) in [6, 6.07) is 8.80. The molecule has 0 saturated carbocycles. The number of carboxylic acids is 1. The molecule has 144 valence electrons. The van der Waals surface area contributed by atoms with Crippen molar-refractivity contribution in [3.05, 3.63) is 59.0 Å². The molecular weight excluding hydrogens is 388 g/mol. The van der Waals surface area contributed by atoms with Gasteiger partial charge in [-0.3, -0.25) is 4.79 Å². The highest BCUT2D eigenvalue weighted by Crippen LogP contribution is 2.30. The Hall–Kier alpha value is -3.45. The van der Waals surface area contributed by atoms with Crippen molar-refractivity contribution in [2.75, 3.05) is 0 Å². The lowest BCUT2D eigenvalue weighted by molar-refractivity contribution is 0.0696. The molecule has 0 saturated heterocycles. The Bertz CT molecular complexity index is 1120. The van der Waals surface area contributed by atoms with Gasteiger partial charge in [-0.25, -0.2) is 4.79 Å². The predicted molar refractivity (Wildman–Crippen MR) is 102 cm³/mol. The SMILES string of the molecule is Cc1cc2c(O)cc(C(=O)Cl)cc2o1.Cc1cc2c(O)cc(C(=O)O)cc2o1. The zero-order valence-corrected chi connectivity index (χ0v) is 15.6. The quantitative estimate of drug-likeness (QED) is 0.404. The van der Waals surface area contributed by atoms with Crippen molar-refractivity contribution in [1.29, 1.82) is 0 Å². The van der Waals surface area contributed by atoms with Crippen LogP contribution < -0.4 is 0 Å². The highest BCUT2D eigenvalue weighted by atomic mass is 35.5. The Kier molecular flexibility index (Phi) is 5.02. The van der Waals surface area contributed by atoms with Crippen LogP contribution in [-0.2, 0) is 0 Å². The highest BCUT2D eigenvalue weighted by molar-refractivity contribution is 6.67. The summed E-state index contributed by atoms with van der Waals surface area (Å²) >= 11 is 5.29. The lowest BCUT2D eigenvalue weighted by Gasteiger charge is -1.96. The van der Waals surface area contributed by atoms with Gasteiger partial charge in [0.2, 0.25) is 0 Å². The summed E-state index contributed by atoms with van der Waals surface area (Å²) in [5.41, 5.74) is 1.10. The topological polar surface area (TPSA) is 121 Å². The van der Waals surface area contributed by atoms with E-state index in [1.165, 1.54) is 24.3 Å². The van der Waals surface area contributed by atoms with Crippen molar-refractivity contribution < 1.29 is 33.7 Å². The van der Waals surface area contributed by atoms with E-state index in [1.54, 1.807) is 26.0 Å². The zero-order valence-electron chi connectivity index (χ0n) is 14.8. The number of rotatable bonds is 2. The minimum absolute atomic E-state index is 0.00310. The summed E-state index contributed by atoms with van der Waals surface area (Å²) in [5.74, 6) is 0.156. The smallest absolute Gasteiger partial charge is 0.335 e. The number of aromatic hydroxyl groups is 2. The molecule has 2 aromatic carbocycles. The predicted octanol–water partition coefficient (Wildman–Crippen LogP) is 4.97. The first-order valence-corrected chi connectivity index (χ1v) is 8.43. The van der Waals surface area contributed by atoms with Gasteiger partial charge in [0.15, 0.2) is 0 Å². The van der Waals surface area contributed by atoms with Gasteiger partial charge in [-0.2, -0.15) is 0 Å². The molecule has 2 heterocycles. The van der Waals surface area contributed by atoms with E-state index in [9.17, 15) is 19.8 Å². The highest BCUT2D eigenvalue weighted by Gasteiger charge is 2.12. The molecular formula is C20H15ClO7. The van der Waals surface area contributed by atoms with Crippen LogP contribution in [-0.4, -0.2) is 26.5 Å². The lowest BCUT2D eigenvalue weighted by atomic mass is 10.1. The number of benzene rings is 2. The molecule has 0 aliphatic carbocycles. The molecule has 0 unspecified atom stereocenters. The van der Waals surface area contributed by atoms with Gasteiger partial charge < -0.3 is 24.2 Å². The number of phenols is 2. The van der Waals surface area contributed by atoms with Crippen molar-refractivity contribution in [3.63, 3.8) is 0 Å². The molecule has 0 bridgehead atoms. The van der Waals surface area contributed by atoms with E-state index in [0.29, 0.717) is 33.5 Å². The lowest BCUT2D eigenvalue weighted by Crippen LogP contribution is -1.94. The van der Waals surface area contributed by atoms with Crippen LogP contribution >= 0.6 is 11.6 Å². The first-order chi connectivity index (χ1) is 13.2. The Labute approximate surface area is 163 Å². The van der Waals surface area contributed by atoms with E-state index in [4.69, 9.17) is 25.5 Å². The summed E-state index contributed by atoms with van der Waals surface area (Å²) in [5, 5.41) is 28.3. The van der Waals surface area contributed by atoms with Crippen molar-refractivity contribution in [1.82, 2.24) is 0 Å². The minimum atomic E-state index is -1.09. The molecule has 0 aliphatic rings. The van der Waals surface area contributed by atoms with Gasteiger partial charge in [-0.15, -0.1) is 0 Å². The Morgan fingerprint density at radius 1 is 0.786 bits per heavy atom. The van der Waals surface area contributed by atoms with Crippen molar-refractivity contribution >= 4 is 44.8 Å². The van der Waals surface area contributed by atoms with E-state index < -0.39 is 11.2 Å². The van der Waals surface area contributed by atoms with Crippen LogP contribution in [0.4, 0.5) is 0 Å². The van der Waals surface area contributed by atoms with Crippen molar-refractivity contribution in [2.24, 2.45) is 0 Å². The van der Waals surface area contributed by atoms with Crippen molar-refractivity contribution in [3.8, 4) is 11.5 Å². The number of carbonyl (C=O) groups excluding carboxylic acids is 1. The normalized spacial score (nSPS) is 10.7. The van der Waals surface area contributed by atoms with Crippen LogP contribution in [0.1, 0.15) is 32.2 Å². The minimum Gasteiger partial charge on any atom is -0.507 e. The van der Waals surface area contributed by atoms with Crippen LogP contribution in [0.5, 0.6) is 11.5 Å². The molecule has 7 nitrogen and oxygen atoms in total. The number of halogens is 1. The molecule has 2 aromatic heterocycles. The Balaban J connectivity index is 0.000000161. The summed E-state index contributed by atoms with van der Waals surface area (Å²) in [6.45, 7) is 3.50. The third-order valence-corrected chi connectivity index (χ3v) is 4.17. The maximum atomic E-state index is 10.9. The molecule has 0 atom stereocenters. The standard InChI is InChI=1S/C10H7ClO3.C10H8O4/c1-5-2-7-8(12)3-6(10(11)13)4-9(7)14-5;1-5-2-7-8(11)3-6(10(12)13)4-9(7)14-5/h2-4,12H,1H3;2-4,11H,1H3,(H,12,13). The van der Waals surface area contributed by atoms with E-state index in [1.807, 2.05) is 0 Å². The average molecular weight is 403 g/mol. The Morgan fingerprint density at radius 2 is 1.21 bits per heavy atom. The molecule has 4 aromatic rings. The van der Waals surface area contributed by atoms with Crippen LogP contribution in [0.3, 0.4) is 0 Å². The van der Waals surface area contributed by atoms with E-state index in [-0.39, 0.29) is 22.6 Å². The van der Waals surface area contributed by atoms with Crippen LogP contribution in [0.25, 0.3) is 21.9 Å². The third kappa shape index (κ3) is 3.79. The number of phenolic OH excluding ortho intramolecular Hbond substituents is 2. The largest absolute Gasteiger partial charge is 0.507 e. The second-order valence-corrected chi connectivity index (χ2v) is 6.45. The van der Waals surface area contributed by atoms with E-state index >= 15 is 0 Å². The van der Waals surface area contributed by atoms with Gasteiger partial charge in [0.1, 0.15) is 34.2 Å². The van der Waals surface area contributed by atoms with Crippen molar-refractivity contribution in [2.45, 2.75) is 13.8 Å².